The second kappa shape index (κ2) is 5.20. The van der Waals surface area contributed by atoms with Crippen molar-refractivity contribution in [3.63, 3.8) is 0 Å². The van der Waals surface area contributed by atoms with E-state index >= 15 is 0 Å². The predicted octanol–water partition coefficient (Wildman–Crippen LogP) is -2.35. The molecule has 0 aliphatic heterocycles. The Balaban J connectivity index is 3.68. The van der Waals surface area contributed by atoms with Gasteiger partial charge < -0.3 is 20.4 Å². The Morgan fingerprint density at radius 1 is 1.18 bits per heavy atom. The maximum Gasteiger partial charge on any atom is 0.166 e. The molecule has 0 aliphatic rings. The molecule has 4 N–H and O–H groups in total. The van der Waals surface area contributed by atoms with Crippen LogP contribution < -0.4 is 0 Å². The number of carbonyl (C=O) groups is 1. The molecule has 66 valence electrons. The Hall–Kier alpha value is -0.490. The molecule has 0 spiro atoms. The molecular formula is C6H12O5. The van der Waals surface area contributed by atoms with E-state index in [1.807, 2.05) is 0 Å². The summed E-state index contributed by atoms with van der Waals surface area (Å²) in [6.07, 6.45) is -2.93. The molecule has 5 nitrogen and oxygen atoms in total. The highest BCUT2D eigenvalue weighted by Crippen LogP contribution is 1.95. The van der Waals surface area contributed by atoms with Crippen LogP contribution in [0.2, 0.25) is 0 Å². The van der Waals surface area contributed by atoms with E-state index in [9.17, 15) is 4.79 Å². The topological polar surface area (TPSA) is 98.0 Å². The molecule has 2 atom stereocenters. The summed E-state index contributed by atoms with van der Waals surface area (Å²) >= 11 is 0. The summed E-state index contributed by atoms with van der Waals surface area (Å²) in [6, 6.07) is 0. The normalized spacial score (nSPS) is 16.0. The second-order valence-corrected chi connectivity index (χ2v) is 2.21. The number of Topliss-reactive ketones (excluding diaryl/α,β-unsaturated/α-hetero) is 1. The quantitative estimate of drug-likeness (QED) is 0.365. The van der Waals surface area contributed by atoms with Crippen molar-refractivity contribution in [2.24, 2.45) is 0 Å². The molecule has 0 aromatic heterocycles. The average Bonchev–Trinajstić information content (AvgIpc) is 2.02. The van der Waals surface area contributed by atoms with Crippen molar-refractivity contribution in [2.45, 2.75) is 18.6 Å². The number of hydrogen-bond donors (Lipinski definition) is 4. The van der Waals surface area contributed by atoms with Gasteiger partial charge in [-0.15, -0.1) is 0 Å². The summed E-state index contributed by atoms with van der Waals surface area (Å²) in [5.41, 5.74) is 0. The summed E-state index contributed by atoms with van der Waals surface area (Å²) in [6.45, 7) is -1.18. The van der Waals surface area contributed by atoms with Gasteiger partial charge in [0.05, 0.1) is 19.3 Å². The molecular weight excluding hydrogens is 152 g/mol. The minimum absolute atomic E-state index is 0.335. The molecule has 0 aromatic rings. The first-order chi connectivity index (χ1) is 5.11. The number of rotatable bonds is 5. The summed E-state index contributed by atoms with van der Waals surface area (Å²) in [7, 11) is 0. The van der Waals surface area contributed by atoms with E-state index in [0.29, 0.717) is 0 Å². The fraction of sp³-hybridized carbons (Fsp3) is 0.833. The van der Waals surface area contributed by atoms with Crippen molar-refractivity contribution < 1.29 is 25.2 Å². The third-order valence-electron chi connectivity index (χ3n) is 1.19. The predicted molar refractivity (Wildman–Crippen MR) is 35.8 cm³/mol. The Morgan fingerprint density at radius 2 is 1.73 bits per heavy atom. The molecule has 0 bridgehead atoms. The van der Waals surface area contributed by atoms with Crippen LogP contribution in [-0.2, 0) is 4.79 Å². The molecule has 0 aromatic carbocycles. The van der Waals surface area contributed by atoms with Crippen LogP contribution in [0.25, 0.3) is 0 Å². The van der Waals surface area contributed by atoms with Crippen molar-refractivity contribution in [1.29, 1.82) is 0 Å². The van der Waals surface area contributed by atoms with Gasteiger partial charge in [-0.05, 0) is 0 Å². The van der Waals surface area contributed by atoms with Crippen LogP contribution >= 0.6 is 0 Å². The maximum atomic E-state index is 10.7. The molecule has 5 heteroatoms. The number of ketones is 1. The van der Waals surface area contributed by atoms with E-state index in [0.717, 1.165) is 0 Å². The first-order valence-corrected chi connectivity index (χ1v) is 3.22. The van der Waals surface area contributed by atoms with Gasteiger partial charge in [0.1, 0.15) is 6.10 Å². The Labute approximate surface area is 63.9 Å². The smallest absolute Gasteiger partial charge is 0.166 e. The van der Waals surface area contributed by atoms with Crippen molar-refractivity contribution >= 4 is 5.78 Å². The van der Waals surface area contributed by atoms with Crippen molar-refractivity contribution in [2.75, 3.05) is 13.2 Å². The lowest BCUT2D eigenvalue weighted by Gasteiger charge is -2.08. The van der Waals surface area contributed by atoms with E-state index in [-0.39, 0.29) is 6.42 Å². The monoisotopic (exact) mass is 164 g/mol. The van der Waals surface area contributed by atoms with Crippen molar-refractivity contribution in [1.82, 2.24) is 0 Å². The second-order valence-electron chi connectivity index (χ2n) is 2.21. The highest BCUT2D eigenvalue weighted by Gasteiger charge is 2.16. The molecule has 11 heavy (non-hydrogen) atoms. The third kappa shape index (κ3) is 4.05. The Morgan fingerprint density at radius 3 is 2.09 bits per heavy atom. The summed E-state index contributed by atoms with van der Waals surface area (Å²) in [5.74, 6) is -0.672. The van der Waals surface area contributed by atoms with E-state index in [4.69, 9.17) is 20.4 Å². The molecule has 0 fully saturated rings. The Kier molecular flexibility index (Phi) is 4.97. The van der Waals surface area contributed by atoms with Crippen LogP contribution in [0.3, 0.4) is 0 Å². The fourth-order valence-corrected chi connectivity index (χ4v) is 0.535. The lowest BCUT2D eigenvalue weighted by molar-refractivity contribution is -0.131. The minimum Gasteiger partial charge on any atom is -0.394 e. The Bertz CT molecular complexity index is 124. The average molecular weight is 164 g/mol. The zero-order valence-electron chi connectivity index (χ0n) is 5.97. The molecule has 0 unspecified atom stereocenters. The van der Waals surface area contributed by atoms with Crippen LogP contribution in [0.15, 0.2) is 0 Å². The molecule has 0 saturated carbocycles. The van der Waals surface area contributed by atoms with Crippen LogP contribution in [-0.4, -0.2) is 51.6 Å². The molecule has 0 saturated heterocycles. The van der Waals surface area contributed by atoms with Gasteiger partial charge in [0.2, 0.25) is 0 Å². The van der Waals surface area contributed by atoms with E-state index in [1.165, 1.54) is 0 Å². The zero-order chi connectivity index (χ0) is 8.85. The van der Waals surface area contributed by atoms with E-state index in [1.54, 1.807) is 0 Å². The highest BCUT2D eigenvalue weighted by molar-refractivity contribution is 5.83. The van der Waals surface area contributed by atoms with Crippen LogP contribution in [0.4, 0.5) is 0 Å². The van der Waals surface area contributed by atoms with Gasteiger partial charge in [-0.2, -0.15) is 0 Å². The summed E-state index contributed by atoms with van der Waals surface area (Å²) in [5, 5.41) is 34.0. The van der Waals surface area contributed by atoms with Crippen LogP contribution in [0.5, 0.6) is 0 Å². The number of aliphatic hydroxyl groups excluding tert-OH is 4. The SMILES string of the molecule is O=C(C[C@H](O)CO)[C@@H](O)CO. The standard InChI is InChI=1S/C6H12O5/c7-2-4(9)1-5(10)6(11)3-8/h4,6-9,11H,1-3H2/t4-,6-/m0/s1. The van der Waals surface area contributed by atoms with Crippen LogP contribution in [0, 0.1) is 0 Å². The highest BCUT2D eigenvalue weighted by atomic mass is 16.3. The number of hydrogen-bond acceptors (Lipinski definition) is 5. The summed E-state index contributed by atoms with van der Waals surface area (Å²) < 4.78 is 0. The number of carbonyl (C=O) groups excluding carboxylic acids is 1. The first kappa shape index (κ1) is 10.5. The minimum atomic E-state index is -1.45. The van der Waals surface area contributed by atoms with Gasteiger partial charge in [0.15, 0.2) is 5.78 Å². The van der Waals surface area contributed by atoms with Gasteiger partial charge in [0, 0.05) is 6.42 Å². The summed E-state index contributed by atoms with van der Waals surface area (Å²) in [4.78, 5) is 10.7. The number of aliphatic hydroxyl groups is 4. The molecule has 0 aliphatic carbocycles. The third-order valence-corrected chi connectivity index (χ3v) is 1.19. The van der Waals surface area contributed by atoms with Gasteiger partial charge in [-0.3, -0.25) is 4.79 Å². The van der Waals surface area contributed by atoms with Crippen LogP contribution in [0.1, 0.15) is 6.42 Å². The van der Waals surface area contributed by atoms with Gasteiger partial charge >= 0.3 is 0 Å². The molecule has 0 radical (unpaired) electrons. The van der Waals surface area contributed by atoms with E-state index in [2.05, 4.69) is 0 Å². The maximum absolute atomic E-state index is 10.7. The van der Waals surface area contributed by atoms with Gasteiger partial charge in [0.25, 0.3) is 0 Å². The first-order valence-electron chi connectivity index (χ1n) is 3.22. The van der Waals surface area contributed by atoms with E-state index < -0.39 is 31.2 Å². The van der Waals surface area contributed by atoms with Crippen molar-refractivity contribution in [3.05, 3.63) is 0 Å². The molecule has 0 heterocycles. The van der Waals surface area contributed by atoms with Gasteiger partial charge in [-0.1, -0.05) is 0 Å². The zero-order valence-corrected chi connectivity index (χ0v) is 5.97. The van der Waals surface area contributed by atoms with Crippen molar-refractivity contribution in [3.8, 4) is 0 Å². The van der Waals surface area contributed by atoms with Gasteiger partial charge in [-0.25, -0.2) is 0 Å². The lowest BCUT2D eigenvalue weighted by Crippen LogP contribution is -2.29. The molecule has 0 rings (SSSR count). The largest absolute Gasteiger partial charge is 0.394 e. The lowest BCUT2D eigenvalue weighted by atomic mass is 10.1. The molecule has 0 amide bonds. The fourth-order valence-electron chi connectivity index (χ4n) is 0.535.